The van der Waals surface area contributed by atoms with E-state index in [0.717, 1.165) is 12.8 Å². The van der Waals surface area contributed by atoms with Crippen LogP contribution in [0.25, 0.3) is 0 Å². The van der Waals surface area contributed by atoms with Gasteiger partial charge in [0.25, 0.3) is 0 Å². The van der Waals surface area contributed by atoms with Crippen LogP contribution in [0, 0.1) is 5.92 Å². The molecule has 0 amide bonds. The zero-order valence-electron chi connectivity index (χ0n) is 9.16. The van der Waals surface area contributed by atoms with E-state index in [0.29, 0.717) is 13.0 Å². The number of hydrogen-bond donors (Lipinski definition) is 0. The molecule has 0 aliphatic rings. The molecular weight excluding hydrogens is 176 g/mol. The van der Waals surface area contributed by atoms with Gasteiger partial charge in [0.05, 0.1) is 12.5 Å². The first-order valence-electron chi connectivity index (χ1n) is 5.18. The molecule has 0 N–H and O–H groups in total. The Morgan fingerprint density at radius 2 is 2.07 bits per heavy atom. The zero-order valence-corrected chi connectivity index (χ0v) is 9.16. The van der Waals surface area contributed by atoms with Gasteiger partial charge in [-0.05, 0) is 26.2 Å². The highest BCUT2D eigenvalue weighted by molar-refractivity contribution is 5.72. The first-order valence-corrected chi connectivity index (χ1v) is 5.18. The molecule has 2 nitrogen and oxygen atoms in total. The maximum Gasteiger partial charge on any atom is 0.309 e. The highest BCUT2D eigenvalue weighted by atomic mass is 16.5. The van der Waals surface area contributed by atoms with Gasteiger partial charge < -0.3 is 4.74 Å². The lowest BCUT2D eigenvalue weighted by molar-refractivity contribution is -0.147. The Balaban J connectivity index is 4.05. The average Bonchev–Trinajstić information content (AvgIpc) is 2.17. The summed E-state index contributed by atoms with van der Waals surface area (Å²) in [5.74, 6) is -0.177. The Morgan fingerprint density at radius 1 is 1.36 bits per heavy atom. The van der Waals surface area contributed by atoms with Crippen LogP contribution in [0.1, 0.15) is 33.1 Å². The van der Waals surface area contributed by atoms with E-state index >= 15 is 0 Å². The van der Waals surface area contributed by atoms with Crippen molar-refractivity contribution in [2.45, 2.75) is 33.1 Å². The van der Waals surface area contributed by atoms with Crippen molar-refractivity contribution in [3.63, 3.8) is 0 Å². The minimum absolute atomic E-state index is 0.0600. The van der Waals surface area contributed by atoms with Crippen LogP contribution in [0.3, 0.4) is 0 Å². The molecule has 0 fully saturated rings. The second-order valence-electron chi connectivity index (χ2n) is 3.09. The molecule has 80 valence electrons. The Bertz CT molecular complexity index is 194. The van der Waals surface area contributed by atoms with Gasteiger partial charge in [0.2, 0.25) is 0 Å². The molecule has 0 aliphatic carbocycles. The van der Waals surface area contributed by atoms with Crippen molar-refractivity contribution in [1.82, 2.24) is 0 Å². The molecule has 0 rings (SSSR count). The third-order valence-corrected chi connectivity index (χ3v) is 1.89. The smallest absolute Gasteiger partial charge is 0.309 e. The van der Waals surface area contributed by atoms with Gasteiger partial charge in [-0.3, -0.25) is 4.79 Å². The first kappa shape index (κ1) is 12.9. The maximum atomic E-state index is 11.4. The lowest BCUT2D eigenvalue weighted by Crippen LogP contribution is -2.16. The van der Waals surface area contributed by atoms with Gasteiger partial charge >= 0.3 is 5.97 Å². The first-order chi connectivity index (χ1) is 6.76. The van der Waals surface area contributed by atoms with E-state index in [-0.39, 0.29) is 11.9 Å². The van der Waals surface area contributed by atoms with Crippen LogP contribution < -0.4 is 0 Å². The summed E-state index contributed by atoms with van der Waals surface area (Å²) in [6.07, 6.45) is 8.30. The molecule has 1 unspecified atom stereocenters. The van der Waals surface area contributed by atoms with Crippen molar-refractivity contribution < 1.29 is 9.53 Å². The Kier molecular flexibility index (Phi) is 7.90. The lowest BCUT2D eigenvalue weighted by Gasteiger charge is -2.10. The fourth-order valence-electron chi connectivity index (χ4n) is 1.18. The molecule has 0 aromatic heterocycles. The van der Waals surface area contributed by atoms with E-state index in [1.165, 1.54) is 0 Å². The number of carbonyl (C=O) groups is 1. The standard InChI is InChI=1S/C12H20O2/c1-4-7-8-10-11(9-5-2)12(13)14-6-3/h5,7-8,11H,2,4,6,9-10H2,1,3H3/b8-7+. The molecule has 1 atom stereocenters. The molecule has 0 saturated carbocycles. The SMILES string of the molecule is C=CCC(C/C=C/CC)C(=O)OCC. The Morgan fingerprint density at radius 3 is 2.57 bits per heavy atom. The molecular formula is C12H20O2. The maximum absolute atomic E-state index is 11.4. The van der Waals surface area contributed by atoms with Crippen molar-refractivity contribution in [3.8, 4) is 0 Å². The molecule has 0 aromatic carbocycles. The number of ether oxygens (including phenoxy) is 1. The second kappa shape index (κ2) is 8.54. The Labute approximate surface area is 86.6 Å². The highest BCUT2D eigenvalue weighted by Crippen LogP contribution is 2.12. The molecule has 2 heteroatoms. The number of allylic oxidation sites excluding steroid dienone is 3. The number of rotatable bonds is 7. The summed E-state index contributed by atoms with van der Waals surface area (Å²) >= 11 is 0. The van der Waals surface area contributed by atoms with Gasteiger partial charge in [-0.2, -0.15) is 0 Å². The van der Waals surface area contributed by atoms with Gasteiger partial charge in [-0.15, -0.1) is 6.58 Å². The highest BCUT2D eigenvalue weighted by Gasteiger charge is 2.16. The monoisotopic (exact) mass is 196 g/mol. The average molecular weight is 196 g/mol. The lowest BCUT2D eigenvalue weighted by atomic mass is 10.0. The van der Waals surface area contributed by atoms with E-state index in [9.17, 15) is 4.79 Å². The molecule has 0 saturated heterocycles. The summed E-state index contributed by atoms with van der Waals surface area (Å²) in [6, 6.07) is 0. The molecule has 0 aliphatic heterocycles. The van der Waals surface area contributed by atoms with Crippen molar-refractivity contribution in [1.29, 1.82) is 0 Å². The summed E-state index contributed by atoms with van der Waals surface area (Å²) < 4.78 is 4.97. The summed E-state index contributed by atoms with van der Waals surface area (Å²) in [5.41, 5.74) is 0. The third-order valence-electron chi connectivity index (χ3n) is 1.89. The molecule has 14 heavy (non-hydrogen) atoms. The Hall–Kier alpha value is -1.05. The fourth-order valence-corrected chi connectivity index (χ4v) is 1.18. The van der Waals surface area contributed by atoms with Crippen molar-refractivity contribution >= 4 is 5.97 Å². The van der Waals surface area contributed by atoms with Crippen LogP contribution >= 0.6 is 0 Å². The van der Waals surface area contributed by atoms with E-state index in [1.807, 2.05) is 13.0 Å². The largest absolute Gasteiger partial charge is 0.466 e. The van der Waals surface area contributed by atoms with Gasteiger partial charge in [-0.25, -0.2) is 0 Å². The fraction of sp³-hybridized carbons (Fsp3) is 0.583. The molecule has 0 spiro atoms. The minimum atomic E-state index is -0.117. The summed E-state index contributed by atoms with van der Waals surface area (Å²) in [4.78, 5) is 11.4. The third kappa shape index (κ3) is 5.57. The second-order valence-corrected chi connectivity index (χ2v) is 3.09. The predicted octanol–water partition coefficient (Wildman–Crippen LogP) is 3.10. The van der Waals surface area contributed by atoms with Gasteiger partial charge in [0, 0.05) is 0 Å². The van der Waals surface area contributed by atoms with E-state index in [1.54, 1.807) is 6.08 Å². The van der Waals surface area contributed by atoms with Crippen LogP contribution in [0.2, 0.25) is 0 Å². The molecule has 0 aromatic rings. The summed E-state index contributed by atoms with van der Waals surface area (Å²) in [7, 11) is 0. The topological polar surface area (TPSA) is 26.3 Å². The van der Waals surface area contributed by atoms with Crippen LogP contribution in [0.4, 0.5) is 0 Å². The van der Waals surface area contributed by atoms with Crippen molar-refractivity contribution in [3.05, 3.63) is 24.8 Å². The zero-order chi connectivity index (χ0) is 10.8. The molecule has 0 bridgehead atoms. The van der Waals surface area contributed by atoms with E-state index < -0.39 is 0 Å². The van der Waals surface area contributed by atoms with Crippen LogP contribution in [0.15, 0.2) is 24.8 Å². The van der Waals surface area contributed by atoms with Crippen LogP contribution in [0.5, 0.6) is 0 Å². The summed E-state index contributed by atoms with van der Waals surface area (Å²) in [6.45, 7) is 7.98. The van der Waals surface area contributed by atoms with Crippen LogP contribution in [-0.2, 0) is 9.53 Å². The number of hydrogen-bond acceptors (Lipinski definition) is 2. The number of carbonyl (C=O) groups excluding carboxylic acids is 1. The van der Waals surface area contributed by atoms with Gasteiger partial charge in [-0.1, -0.05) is 25.2 Å². The minimum Gasteiger partial charge on any atom is -0.466 e. The summed E-state index contributed by atoms with van der Waals surface area (Å²) in [5, 5.41) is 0. The van der Waals surface area contributed by atoms with Gasteiger partial charge in [0.15, 0.2) is 0 Å². The normalized spacial score (nSPS) is 12.7. The van der Waals surface area contributed by atoms with Crippen LogP contribution in [-0.4, -0.2) is 12.6 Å². The van der Waals surface area contributed by atoms with E-state index in [4.69, 9.17) is 4.74 Å². The van der Waals surface area contributed by atoms with Crippen molar-refractivity contribution in [2.75, 3.05) is 6.61 Å². The van der Waals surface area contributed by atoms with E-state index in [2.05, 4.69) is 19.6 Å². The molecule has 0 heterocycles. The quantitative estimate of drug-likeness (QED) is 0.462. The van der Waals surface area contributed by atoms with Gasteiger partial charge in [0.1, 0.15) is 0 Å². The predicted molar refractivity (Wildman–Crippen MR) is 59.0 cm³/mol. The number of esters is 1. The molecule has 0 radical (unpaired) electrons. The van der Waals surface area contributed by atoms with Crippen molar-refractivity contribution in [2.24, 2.45) is 5.92 Å².